The Kier molecular flexibility index (Phi) is 4.97. The highest BCUT2D eigenvalue weighted by Crippen LogP contribution is 2.27. The zero-order chi connectivity index (χ0) is 17.6. The summed E-state index contributed by atoms with van der Waals surface area (Å²) in [6, 6.07) is 6.46. The SMILES string of the molecule is CON=C(C1=NOCCO1)c1ccccc1Oc1ncnc(F)c1F. The van der Waals surface area contributed by atoms with Crippen molar-refractivity contribution >= 4 is 11.6 Å². The highest BCUT2D eigenvalue weighted by atomic mass is 19.2. The monoisotopic (exact) mass is 350 g/mol. The number of hydrogen-bond acceptors (Lipinski definition) is 8. The predicted molar refractivity (Wildman–Crippen MR) is 81.3 cm³/mol. The molecule has 25 heavy (non-hydrogen) atoms. The van der Waals surface area contributed by atoms with E-state index in [1.165, 1.54) is 13.2 Å². The van der Waals surface area contributed by atoms with Gasteiger partial charge in [0.25, 0.3) is 17.7 Å². The summed E-state index contributed by atoms with van der Waals surface area (Å²) < 4.78 is 37.8. The molecule has 1 aliphatic heterocycles. The van der Waals surface area contributed by atoms with Gasteiger partial charge < -0.3 is 19.1 Å². The number of benzene rings is 1. The zero-order valence-electron chi connectivity index (χ0n) is 13.0. The molecule has 0 fully saturated rings. The van der Waals surface area contributed by atoms with Crippen molar-refractivity contribution in [2.45, 2.75) is 0 Å². The van der Waals surface area contributed by atoms with Crippen molar-refractivity contribution in [1.29, 1.82) is 0 Å². The molecule has 130 valence electrons. The van der Waals surface area contributed by atoms with Crippen molar-refractivity contribution in [2.75, 3.05) is 20.3 Å². The molecule has 0 bridgehead atoms. The van der Waals surface area contributed by atoms with E-state index in [-0.39, 0.29) is 24.0 Å². The van der Waals surface area contributed by atoms with E-state index in [1.807, 2.05) is 0 Å². The Balaban J connectivity index is 2.01. The van der Waals surface area contributed by atoms with Crippen LogP contribution >= 0.6 is 0 Å². The lowest BCUT2D eigenvalue weighted by Gasteiger charge is -2.16. The van der Waals surface area contributed by atoms with Gasteiger partial charge in [-0.3, -0.25) is 0 Å². The molecule has 0 aliphatic carbocycles. The van der Waals surface area contributed by atoms with Crippen molar-refractivity contribution < 1.29 is 27.9 Å². The van der Waals surface area contributed by atoms with Crippen molar-refractivity contribution in [3.8, 4) is 11.6 Å². The molecule has 0 unspecified atom stereocenters. The van der Waals surface area contributed by atoms with Crippen LogP contribution in [0, 0.1) is 11.8 Å². The molecule has 0 saturated carbocycles. The molecule has 0 spiro atoms. The summed E-state index contributed by atoms with van der Waals surface area (Å²) in [5.41, 5.74) is 0.514. The Bertz CT molecular complexity index is 829. The van der Waals surface area contributed by atoms with E-state index < -0.39 is 17.6 Å². The van der Waals surface area contributed by atoms with Gasteiger partial charge in [-0.1, -0.05) is 17.3 Å². The fourth-order valence-corrected chi connectivity index (χ4v) is 1.97. The Labute approximate surface area is 140 Å². The van der Waals surface area contributed by atoms with Crippen LogP contribution in [0.1, 0.15) is 5.56 Å². The summed E-state index contributed by atoms with van der Waals surface area (Å²) in [4.78, 5) is 16.5. The first-order valence-electron chi connectivity index (χ1n) is 7.08. The standard InChI is InChI=1S/C15H12F2N4O4/c1-22-20-12(15-21-24-7-6-23-15)9-4-2-3-5-10(9)25-14-11(16)13(17)18-8-19-14/h2-5,8H,6-7H2,1H3. The summed E-state index contributed by atoms with van der Waals surface area (Å²) in [5, 5.41) is 7.63. The van der Waals surface area contributed by atoms with Crippen LogP contribution in [0.25, 0.3) is 0 Å². The maximum atomic E-state index is 13.8. The maximum Gasteiger partial charge on any atom is 0.280 e. The second-order valence-corrected chi connectivity index (χ2v) is 4.58. The minimum Gasteiger partial charge on any atom is -0.470 e. The number of para-hydroxylation sites is 1. The molecule has 1 aromatic heterocycles. The Morgan fingerprint density at radius 1 is 1.20 bits per heavy atom. The quantitative estimate of drug-likeness (QED) is 0.467. The number of oxime groups is 2. The number of nitrogens with zero attached hydrogens (tertiary/aromatic N) is 4. The van der Waals surface area contributed by atoms with E-state index in [0.717, 1.165) is 6.33 Å². The maximum absolute atomic E-state index is 13.8. The fraction of sp³-hybridized carbons (Fsp3) is 0.200. The van der Waals surface area contributed by atoms with Gasteiger partial charge in [0.2, 0.25) is 5.82 Å². The third-order valence-corrected chi connectivity index (χ3v) is 3.01. The third kappa shape index (κ3) is 3.62. The van der Waals surface area contributed by atoms with Crippen molar-refractivity contribution in [1.82, 2.24) is 9.97 Å². The molecular formula is C15H12F2N4O4. The first-order chi connectivity index (χ1) is 12.2. The molecule has 10 heteroatoms. The molecule has 0 radical (unpaired) electrons. The van der Waals surface area contributed by atoms with Crippen LogP contribution < -0.4 is 4.74 Å². The van der Waals surface area contributed by atoms with Gasteiger partial charge in [0.15, 0.2) is 12.3 Å². The van der Waals surface area contributed by atoms with Crippen LogP contribution in [-0.4, -0.2) is 41.9 Å². The molecule has 1 aromatic carbocycles. The van der Waals surface area contributed by atoms with Crippen molar-refractivity contribution in [3.05, 3.63) is 47.9 Å². The smallest absolute Gasteiger partial charge is 0.280 e. The minimum atomic E-state index is -1.32. The molecular weight excluding hydrogens is 338 g/mol. The molecule has 3 rings (SSSR count). The largest absolute Gasteiger partial charge is 0.470 e. The normalized spacial score (nSPS) is 14.2. The van der Waals surface area contributed by atoms with Gasteiger partial charge in [-0.2, -0.15) is 13.8 Å². The summed E-state index contributed by atoms with van der Waals surface area (Å²) in [5.74, 6) is -3.00. The molecule has 0 atom stereocenters. The van der Waals surface area contributed by atoms with Gasteiger partial charge in [-0.05, 0) is 17.3 Å². The van der Waals surface area contributed by atoms with Crippen molar-refractivity contribution in [2.24, 2.45) is 10.3 Å². The van der Waals surface area contributed by atoms with Gasteiger partial charge in [-0.25, -0.2) is 4.98 Å². The lowest BCUT2D eigenvalue weighted by Crippen LogP contribution is -2.25. The molecule has 8 nitrogen and oxygen atoms in total. The topological polar surface area (TPSA) is 87.4 Å². The molecule has 1 aliphatic rings. The Hall–Kier alpha value is -3.30. The Morgan fingerprint density at radius 2 is 2.04 bits per heavy atom. The number of halogens is 2. The average Bonchev–Trinajstić information content (AvgIpc) is 2.65. The van der Waals surface area contributed by atoms with Crippen LogP contribution in [0.5, 0.6) is 11.6 Å². The van der Waals surface area contributed by atoms with E-state index in [4.69, 9.17) is 19.1 Å². The van der Waals surface area contributed by atoms with Crippen LogP contribution in [0.15, 0.2) is 40.9 Å². The molecule has 2 heterocycles. The van der Waals surface area contributed by atoms with E-state index in [2.05, 4.69) is 20.3 Å². The zero-order valence-corrected chi connectivity index (χ0v) is 13.0. The summed E-state index contributed by atoms with van der Waals surface area (Å²) in [6.07, 6.45) is 0.850. The van der Waals surface area contributed by atoms with Gasteiger partial charge in [-0.15, -0.1) is 0 Å². The lowest BCUT2D eigenvalue weighted by molar-refractivity contribution is 0.0672. The van der Waals surface area contributed by atoms with Crippen LogP contribution in [-0.2, 0) is 14.4 Å². The fourth-order valence-electron chi connectivity index (χ4n) is 1.97. The van der Waals surface area contributed by atoms with E-state index in [1.54, 1.807) is 18.2 Å². The second kappa shape index (κ2) is 7.51. The highest BCUT2D eigenvalue weighted by molar-refractivity contribution is 6.45. The summed E-state index contributed by atoms with van der Waals surface area (Å²) >= 11 is 0. The van der Waals surface area contributed by atoms with Gasteiger partial charge >= 0.3 is 0 Å². The number of hydrogen-bond donors (Lipinski definition) is 0. The highest BCUT2D eigenvalue weighted by Gasteiger charge is 2.23. The van der Waals surface area contributed by atoms with Gasteiger partial charge in [0.1, 0.15) is 25.8 Å². The van der Waals surface area contributed by atoms with Crippen molar-refractivity contribution in [3.63, 3.8) is 0 Å². The number of rotatable bonds is 5. The van der Waals surface area contributed by atoms with Crippen LogP contribution in [0.4, 0.5) is 8.78 Å². The average molecular weight is 350 g/mol. The summed E-state index contributed by atoms with van der Waals surface area (Å²) in [7, 11) is 1.34. The first-order valence-corrected chi connectivity index (χ1v) is 7.08. The minimum absolute atomic E-state index is 0.0680. The third-order valence-electron chi connectivity index (χ3n) is 3.01. The number of aromatic nitrogens is 2. The molecule has 0 N–H and O–H groups in total. The van der Waals surface area contributed by atoms with Gasteiger partial charge in [0, 0.05) is 0 Å². The molecule has 0 saturated heterocycles. The predicted octanol–water partition coefficient (Wildman–Crippen LogP) is 2.26. The Morgan fingerprint density at radius 3 is 2.80 bits per heavy atom. The second-order valence-electron chi connectivity index (χ2n) is 4.58. The molecule has 0 amide bonds. The lowest BCUT2D eigenvalue weighted by atomic mass is 10.1. The van der Waals surface area contributed by atoms with Gasteiger partial charge in [0.05, 0.1) is 5.56 Å². The van der Waals surface area contributed by atoms with Crippen LogP contribution in [0.2, 0.25) is 0 Å². The number of ether oxygens (including phenoxy) is 2. The van der Waals surface area contributed by atoms with E-state index in [9.17, 15) is 8.78 Å². The summed E-state index contributed by atoms with van der Waals surface area (Å²) in [6.45, 7) is 0.573. The van der Waals surface area contributed by atoms with E-state index >= 15 is 0 Å². The first kappa shape index (κ1) is 16.6. The molecule has 2 aromatic rings. The van der Waals surface area contributed by atoms with Crippen LogP contribution in [0.3, 0.4) is 0 Å². The van der Waals surface area contributed by atoms with E-state index in [0.29, 0.717) is 12.2 Å².